The van der Waals surface area contributed by atoms with Crippen molar-refractivity contribution in [1.29, 1.82) is 0 Å². The van der Waals surface area contributed by atoms with Crippen LogP contribution in [0.2, 0.25) is 0 Å². The van der Waals surface area contributed by atoms with Crippen molar-refractivity contribution in [2.45, 2.75) is 37.9 Å². The molecule has 0 amide bonds. The van der Waals surface area contributed by atoms with Gasteiger partial charge in [-0.05, 0) is 45.2 Å². The van der Waals surface area contributed by atoms with Crippen molar-refractivity contribution in [2.75, 3.05) is 33.2 Å². The molecule has 3 rings (SSSR count). The maximum atomic E-state index is 13.5. The van der Waals surface area contributed by atoms with Gasteiger partial charge in [0.1, 0.15) is 5.67 Å². The Bertz CT molecular complexity index is 271. The first-order chi connectivity index (χ1) is 7.01. The van der Waals surface area contributed by atoms with Crippen molar-refractivity contribution in [3.05, 3.63) is 0 Å². The maximum Gasteiger partial charge on any atom is 0.133 e. The predicted octanol–water partition coefficient (Wildman–Crippen LogP) is 1.51. The molecule has 2 heterocycles. The minimum atomic E-state index is -0.902. The summed E-state index contributed by atoms with van der Waals surface area (Å²) in [6.07, 6.45) is 3.99. The molecule has 0 bridgehead atoms. The van der Waals surface area contributed by atoms with E-state index >= 15 is 0 Å². The first kappa shape index (κ1) is 10.0. The summed E-state index contributed by atoms with van der Waals surface area (Å²) in [5.74, 6) is 0. The van der Waals surface area contributed by atoms with E-state index in [0.717, 1.165) is 0 Å². The average molecular weight is 212 g/mol. The third kappa shape index (κ3) is 1.43. The highest BCUT2D eigenvalue weighted by Crippen LogP contribution is 2.52. The fourth-order valence-electron chi connectivity index (χ4n) is 3.86. The zero-order chi connectivity index (χ0) is 10.7. The number of nitrogens with zero attached hydrogens (tertiary/aromatic N) is 2. The van der Waals surface area contributed by atoms with Crippen LogP contribution in [-0.4, -0.2) is 54.7 Å². The Morgan fingerprint density at radius 3 is 2.33 bits per heavy atom. The molecule has 0 radical (unpaired) electrons. The normalized spacial score (nSPS) is 45.4. The molecule has 2 saturated heterocycles. The second kappa shape index (κ2) is 2.95. The summed E-state index contributed by atoms with van der Waals surface area (Å²) in [6.45, 7) is 5.54. The smallest absolute Gasteiger partial charge is 0.133 e. The molecule has 1 aliphatic carbocycles. The highest BCUT2D eigenvalue weighted by Gasteiger charge is 2.56. The molecule has 0 aromatic carbocycles. The van der Waals surface area contributed by atoms with Crippen molar-refractivity contribution in [2.24, 2.45) is 5.41 Å². The summed E-state index contributed by atoms with van der Waals surface area (Å²) < 4.78 is 13.5. The van der Waals surface area contributed by atoms with Gasteiger partial charge in [0.15, 0.2) is 0 Å². The summed E-state index contributed by atoms with van der Waals surface area (Å²) in [6, 6.07) is 0.686. The van der Waals surface area contributed by atoms with Crippen LogP contribution >= 0.6 is 0 Å². The monoisotopic (exact) mass is 212 g/mol. The van der Waals surface area contributed by atoms with Crippen LogP contribution in [0.15, 0.2) is 0 Å². The molecule has 2 unspecified atom stereocenters. The molecule has 2 aliphatic heterocycles. The Morgan fingerprint density at radius 1 is 1.20 bits per heavy atom. The van der Waals surface area contributed by atoms with E-state index < -0.39 is 5.67 Å². The third-order valence-electron chi connectivity index (χ3n) is 4.71. The molecule has 86 valence electrons. The molecule has 0 aromatic heterocycles. The molecule has 2 atom stereocenters. The van der Waals surface area contributed by atoms with Gasteiger partial charge in [-0.25, -0.2) is 4.39 Å². The summed E-state index contributed by atoms with van der Waals surface area (Å²) in [7, 11) is 2.21. The van der Waals surface area contributed by atoms with Gasteiger partial charge < -0.3 is 4.90 Å². The minimum Gasteiger partial charge on any atom is -0.306 e. The highest BCUT2D eigenvalue weighted by molar-refractivity contribution is 5.10. The van der Waals surface area contributed by atoms with Gasteiger partial charge in [-0.3, -0.25) is 4.90 Å². The van der Waals surface area contributed by atoms with E-state index in [4.69, 9.17) is 0 Å². The molecule has 3 fully saturated rings. The molecule has 0 aromatic rings. The van der Waals surface area contributed by atoms with Crippen molar-refractivity contribution < 1.29 is 4.39 Å². The Labute approximate surface area is 91.4 Å². The molecule has 3 heteroatoms. The standard InChI is InChI=1S/C12H21FN2/c1-11(13)7-15(8-11)10-3-4-12(10)5-6-14(2)9-12/h10H,3-9H2,1-2H3. The van der Waals surface area contributed by atoms with Crippen LogP contribution < -0.4 is 0 Å². The predicted molar refractivity (Wildman–Crippen MR) is 58.7 cm³/mol. The Kier molecular flexibility index (Phi) is 1.97. The minimum absolute atomic E-state index is 0.533. The lowest BCUT2D eigenvalue weighted by Crippen LogP contribution is -2.67. The number of halogens is 1. The average Bonchev–Trinajstić information content (AvgIpc) is 2.45. The Morgan fingerprint density at radius 2 is 1.93 bits per heavy atom. The van der Waals surface area contributed by atoms with Crippen molar-refractivity contribution in [3.8, 4) is 0 Å². The number of hydrogen-bond donors (Lipinski definition) is 0. The van der Waals surface area contributed by atoms with Gasteiger partial charge in [0, 0.05) is 25.7 Å². The molecular formula is C12H21FN2. The lowest BCUT2D eigenvalue weighted by Gasteiger charge is -2.58. The van der Waals surface area contributed by atoms with E-state index in [2.05, 4.69) is 16.8 Å². The SMILES string of the molecule is CN1CCC2(CCC2N2CC(C)(F)C2)C1. The zero-order valence-electron chi connectivity index (χ0n) is 9.80. The number of likely N-dealkylation sites (tertiary alicyclic amines) is 2. The van der Waals surface area contributed by atoms with Gasteiger partial charge in [0.25, 0.3) is 0 Å². The topological polar surface area (TPSA) is 6.48 Å². The molecule has 3 aliphatic rings. The van der Waals surface area contributed by atoms with Crippen molar-refractivity contribution >= 4 is 0 Å². The van der Waals surface area contributed by atoms with Crippen LogP contribution in [0.25, 0.3) is 0 Å². The number of alkyl halides is 1. The van der Waals surface area contributed by atoms with Crippen LogP contribution in [0.3, 0.4) is 0 Å². The fraction of sp³-hybridized carbons (Fsp3) is 1.00. The lowest BCUT2D eigenvalue weighted by atomic mass is 9.62. The fourth-order valence-corrected chi connectivity index (χ4v) is 3.86. The van der Waals surface area contributed by atoms with E-state index in [0.29, 0.717) is 24.5 Å². The summed E-state index contributed by atoms with van der Waals surface area (Å²) in [5.41, 5.74) is -0.369. The van der Waals surface area contributed by atoms with E-state index in [-0.39, 0.29) is 0 Å². The van der Waals surface area contributed by atoms with E-state index in [9.17, 15) is 4.39 Å². The summed E-state index contributed by atoms with van der Waals surface area (Å²) >= 11 is 0. The first-order valence-electron chi connectivity index (χ1n) is 6.12. The first-order valence-corrected chi connectivity index (χ1v) is 6.12. The molecule has 1 spiro atoms. The molecular weight excluding hydrogens is 191 g/mol. The Hall–Kier alpha value is -0.150. The van der Waals surface area contributed by atoms with Crippen LogP contribution in [-0.2, 0) is 0 Å². The lowest BCUT2D eigenvalue weighted by molar-refractivity contribution is -0.117. The second-order valence-corrected chi connectivity index (χ2v) is 6.22. The van der Waals surface area contributed by atoms with Crippen LogP contribution in [0, 0.1) is 5.41 Å². The Balaban J connectivity index is 1.64. The summed E-state index contributed by atoms with van der Waals surface area (Å²) in [5, 5.41) is 0. The van der Waals surface area contributed by atoms with Crippen molar-refractivity contribution in [1.82, 2.24) is 9.80 Å². The van der Waals surface area contributed by atoms with E-state index in [1.54, 1.807) is 6.92 Å². The van der Waals surface area contributed by atoms with Crippen molar-refractivity contribution in [3.63, 3.8) is 0 Å². The second-order valence-electron chi connectivity index (χ2n) is 6.22. The van der Waals surface area contributed by atoms with Crippen LogP contribution in [0.1, 0.15) is 26.2 Å². The molecule has 1 saturated carbocycles. The highest BCUT2D eigenvalue weighted by atomic mass is 19.1. The van der Waals surface area contributed by atoms with Gasteiger partial charge in [-0.1, -0.05) is 0 Å². The van der Waals surface area contributed by atoms with Gasteiger partial charge in [0.2, 0.25) is 0 Å². The quantitative estimate of drug-likeness (QED) is 0.650. The summed E-state index contributed by atoms with van der Waals surface area (Å²) in [4.78, 5) is 4.81. The largest absolute Gasteiger partial charge is 0.306 e. The van der Waals surface area contributed by atoms with E-state index in [1.165, 1.54) is 32.4 Å². The zero-order valence-corrected chi connectivity index (χ0v) is 9.80. The third-order valence-corrected chi connectivity index (χ3v) is 4.71. The van der Waals surface area contributed by atoms with E-state index in [1.807, 2.05) is 0 Å². The van der Waals surface area contributed by atoms with Gasteiger partial charge in [-0.2, -0.15) is 0 Å². The molecule has 15 heavy (non-hydrogen) atoms. The van der Waals surface area contributed by atoms with Crippen LogP contribution in [0.4, 0.5) is 4.39 Å². The van der Waals surface area contributed by atoms with Crippen LogP contribution in [0.5, 0.6) is 0 Å². The molecule has 0 N–H and O–H groups in total. The molecule has 2 nitrogen and oxygen atoms in total. The maximum absolute atomic E-state index is 13.5. The number of rotatable bonds is 1. The van der Waals surface area contributed by atoms with Gasteiger partial charge in [-0.15, -0.1) is 0 Å². The van der Waals surface area contributed by atoms with Gasteiger partial charge in [0.05, 0.1) is 0 Å². The number of hydrogen-bond acceptors (Lipinski definition) is 2. The van der Waals surface area contributed by atoms with Gasteiger partial charge >= 0.3 is 0 Å².